The third-order valence-electron chi connectivity index (χ3n) is 6.65. The van der Waals surface area contributed by atoms with Crippen molar-refractivity contribution in [1.29, 1.82) is 0 Å². The van der Waals surface area contributed by atoms with Crippen molar-refractivity contribution in [3.05, 3.63) is 42.0 Å². The van der Waals surface area contributed by atoms with E-state index in [-0.39, 0.29) is 18.5 Å². The molecular formula is C22H26O7. The van der Waals surface area contributed by atoms with Crippen LogP contribution in [0.25, 0.3) is 0 Å². The molecule has 1 saturated carbocycles. The first-order valence-electron chi connectivity index (χ1n) is 9.54. The van der Waals surface area contributed by atoms with Crippen LogP contribution in [-0.2, 0) is 14.3 Å². The van der Waals surface area contributed by atoms with Crippen LogP contribution in [0.1, 0.15) is 24.8 Å². The highest BCUT2D eigenvalue weighted by Crippen LogP contribution is 2.61. The van der Waals surface area contributed by atoms with Gasteiger partial charge in [-0.2, -0.15) is 0 Å². The summed E-state index contributed by atoms with van der Waals surface area (Å²) >= 11 is 0. The minimum absolute atomic E-state index is 0.0966. The van der Waals surface area contributed by atoms with Crippen molar-refractivity contribution < 1.29 is 33.6 Å². The molecule has 1 aliphatic heterocycles. The number of methoxy groups -OCH3 is 3. The van der Waals surface area contributed by atoms with Crippen molar-refractivity contribution in [2.45, 2.75) is 36.6 Å². The maximum absolute atomic E-state index is 13.6. The Morgan fingerprint density at radius 1 is 1.28 bits per heavy atom. The summed E-state index contributed by atoms with van der Waals surface area (Å²) in [5, 5.41) is 11.4. The van der Waals surface area contributed by atoms with E-state index in [1.54, 1.807) is 26.4 Å². The number of carbonyl (C=O) groups is 1. The molecule has 7 heteroatoms. The minimum Gasteiger partial charge on any atom is -0.493 e. The standard InChI is InChI=1S/C22H26O7/c1-6-7-13-10-21(26-4)12(2)17(22(27-5,19(13)23)20(21)24)14-8-15(25-3)18-16(9-14)28-11-29-18/h6,8-10,12,17,20,24H,1,7,11H2,2-5H3/t12-,17+,20-,21-,22-/m1/s1. The molecule has 0 spiro atoms. The molecule has 3 aliphatic rings. The van der Waals surface area contributed by atoms with E-state index in [9.17, 15) is 9.90 Å². The monoisotopic (exact) mass is 402 g/mol. The lowest BCUT2D eigenvalue weighted by Crippen LogP contribution is -2.60. The number of allylic oxidation sites excluding steroid dienone is 1. The van der Waals surface area contributed by atoms with Crippen molar-refractivity contribution >= 4 is 5.78 Å². The smallest absolute Gasteiger partial charge is 0.231 e. The summed E-state index contributed by atoms with van der Waals surface area (Å²) in [6.07, 6.45) is 2.60. The Morgan fingerprint density at radius 3 is 2.66 bits per heavy atom. The third kappa shape index (κ3) is 2.38. The predicted octanol–water partition coefficient (Wildman–Crippen LogP) is 2.37. The molecule has 1 fully saturated rings. The van der Waals surface area contributed by atoms with Crippen LogP contribution >= 0.6 is 0 Å². The molecule has 0 unspecified atom stereocenters. The molecule has 0 aromatic heterocycles. The van der Waals surface area contributed by atoms with Gasteiger partial charge in [-0.05, 0) is 30.2 Å². The second-order valence-electron chi connectivity index (χ2n) is 7.67. The Kier molecular flexibility index (Phi) is 4.72. The number of fused-ring (bicyclic) bond motifs is 3. The Morgan fingerprint density at radius 2 is 2.03 bits per heavy atom. The molecule has 1 N–H and O–H groups in total. The zero-order valence-electron chi connectivity index (χ0n) is 17.1. The maximum Gasteiger partial charge on any atom is 0.231 e. The highest BCUT2D eigenvalue weighted by molar-refractivity contribution is 6.06. The molecular weight excluding hydrogens is 376 g/mol. The summed E-state index contributed by atoms with van der Waals surface area (Å²) in [5.74, 6) is 0.520. The van der Waals surface area contributed by atoms with Gasteiger partial charge in [-0.15, -0.1) is 6.58 Å². The summed E-state index contributed by atoms with van der Waals surface area (Å²) in [7, 11) is 4.54. The number of rotatable bonds is 6. The van der Waals surface area contributed by atoms with Crippen LogP contribution in [0.2, 0.25) is 0 Å². The number of ether oxygens (including phenoxy) is 5. The predicted molar refractivity (Wildman–Crippen MR) is 104 cm³/mol. The average molecular weight is 402 g/mol. The van der Waals surface area contributed by atoms with Crippen LogP contribution in [0.4, 0.5) is 0 Å². The first kappa shape index (κ1) is 19.9. The highest BCUT2D eigenvalue weighted by atomic mass is 16.7. The zero-order valence-corrected chi connectivity index (χ0v) is 17.1. The van der Waals surface area contributed by atoms with E-state index >= 15 is 0 Å². The molecule has 0 saturated heterocycles. The van der Waals surface area contributed by atoms with Crippen molar-refractivity contribution in [2.75, 3.05) is 28.1 Å². The van der Waals surface area contributed by atoms with Gasteiger partial charge in [0, 0.05) is 31.6 Å². The van der Waals surface area contributed by atoms with Gasteiger partial charge in [0.2, 0.25) is 12.5 Å². The van der Waals surface area contributed by atoms with Crippen LogP contribution in [-0.4, -0.2) is 56.3 Å². The van der Waals surface area contributed by atoms with Crippen LogP contribution in [0, 0.1) is 5.92 Å². The second kappa shape index (κ2) is 6.86. The van der Waals surface area contributed by atoms with Crippen molar-refractivity contribution in [3.63, 3.8) is 0 Å². The second-order valence-corrected chi connectivity index (χ2v) is 7.67. The van der Waals surface area contributed by atoms with E-state index in [1.807, 2.05) is 19.1 Å². The van der Waals surface area contributed by atoms with Gasteiger partial charge in [0.15, 0.2) is 22.9 Å². The van der Waals surface area contributed by atoms with Crippen LogP contribution in [0.15, 0.2) is 36.4 Å². The fourth-order valence-electron chi connectivity index (χ4n) is 5.31. The normalized spacial score (nSPS) is 34.9. The van der Waals surface area contributed by atoms with Crippen LogP contribution < -0.4 is 14.2 Å². The minimum atomic E-state index is -1.50. The van der Waals surface area contributed by atoms with Crippen molar-refractivity contribution in [2.24, 2.45) is 5.92 Å². The lowest BCUT2D eigenvalue weighted by atomic mass is 9.74. The molecule has 4 rings (SSSR count). The number of hydrogen-bond donors (Lipinski definition) is 1. The van der Waals surface area contributed by atoms with E-state index in [0.29, 0.717) is 29.2 Å². The molecule has 0 radical (unpaired) electrons. The Labute approximate surface area is 169 Å². The molecule has 2 bridgehead atoms. The van der Waals surface area contributed by atoms with Gasteiger partial charge in [-0.25, -0.2) is 0 Å². The molecule has 1 aromatic rings. The van der Waals surface area contributed by atoms with Gasteiger partial charge >= 0.3 is 0 Å². The number of hydrogen-bond acceptors (Lipinski definition) is 7. The average Bonchev–Trinajstić information content (AvgIpc) is 3.25. The zero-order chi connectivity index (χ0) is 21.0. The fraction of sp³-hybridized carbons (Fsp3) is 0.500. The van der Waals surface area contributed by atoms with Gasteiger partial charge in [0.25, 0.3) is 0 Å². The van der Waals surface area contributed by atoms with Gasteiger partial charge in [0.05, 0.1) is 7.11 Å². The Bertz CT molecular complexity index is 891. The van der Waals surface area contributed by atoms with Gasteiger partial charge in [-0.1, -0.05) is 13.0 Å². The van der Waals surface area contributed by atoms with Crippen LogP contribution in [0.5, 0.6) is 17.2 Å². The van der Waals surface area contributed by atoms with E-state index in [4.69, 9.17) is 23.7 Å². The van der Waals surface area contributed by atoms with Crippen LogP contribution in [0.3, 0.4) is 0 Å². The SMILES string of the molecule is C=CCC1=C[C@@]2(OC)[C@H](C)[C@@H](c3cc(OC)c4c(c3)OCO4)[C@@](OC)(C1=O)[C@@H]2O. The summed E-state index contributed by atoms with van der Waals surface area (Å²) in [6, 6.07) is 3.64. The molecule has 29 heavy (non-hydrogen) atoms. The summed E-state index contributed by atoms with van der Waals surface area (Å²) < 4.78 is 28.3. The quantitative estimate of drug-likeness (QED) is 0.732. The molecule has 1 aromatic carbocycles. The number of carbonyl (C=O) groups excluding carboxylic acids is 1. The number of aliphatic hydroxyl groups is 1. The maximum atomic E-state index is 13.6. The summed E-state index contributed by atoms with van der Waals surface area (Å²) in [5.41, 5.74) is -1.30. The molecule has 156 valence electrons. The highest BCUT2D eigenvalue weighted by Gasteiger charge is 2.72. The van der Waals surface area contributed by atoms with Crippen molar-refractivity contribution in [3.8, 4) is 17.2 Å². The Balaban J connectivity index is 1.94. The number of ketones is 1. The third-order valence-corrected chi connectivity index (χ3v) is 6.65. The molecule has 5 atom stereocenters. The number of Topliss-reactive ketones (excluding diaryl/α,β-unsaturated/α-hetero) is 1. The lowest BCUT2D eigenvalue weighted by molar-refractivity contribution is -0.169. The Hall–Kier alpha value is -2.35. The lowest BCUT2D eigenvalue weighted by Gasteiger charge is -2.41. The van der Waals surface area contributed by atoms with Gasteiger partial charge < -0.3 is 28.8 Å². The van der Waals surface area contributed by atoms with Gasteiger partial charge in [0.1, 0.15) is 11.7 Å². The summed E-state index contributed by atoms with van der Waals surface area (Å²) in [4.78, 5) is 13.6. The van der Waals surface area contributed by atoms with E-state index < -0.39 is 23.2 Å². The topological polar surface area (TPSA) is 83.5 Å². The largest absolute Gasteiger partial charge is 0.493 e. The van der Waals surface area contributed by atoms with Crippen molar-refractivity contribution in [1.82, 2.24) is 0 Å². The number of benzene rings is 1. The summed E-state index contributed by atoms with van der Waals surface area (Å²) in [6.45, 7) is 5.80. The fourth-order valence-corrected chi connectivity index (χ4v) is 5.31. The molecule has 7 nitrogen and oxygen atoms in total. The first-order valence-corrected chi connectivity index (χ1v) is 9.54. The molecule has 2 aliphatic carbocycles. The number of aliphatic hydroxyl groups excluding tert-OH is 1. The van der Waals surface area contributed by atoms with E-state index in [1.165, 1.54) is 7.11 Å². The molecule has 0 amide bonds. The first-order chi connectivity index (χ1) is 13.9. The molecule has 1 heterocycles. The van der Waals surface area contributed by atoms with Gasteiger partial charge in [-0.3, -0.25) is 4.79 Å². The van der Waals surface area contributed by atoms with E-state index in [2.05, 4.69) is 6.58 Å². The van der Waals surface area contributed by atoms with E-state index in [0.717, 1.165) is 5.56 Å².